The molecule has 0 bridgehead atoms. The highest BCUT2D eigenvalue weighted by molar-refractivity contribution is 5.95. The van der Waals surface area contributed by atoms with Crippen molar-refractivity contribution in [1.82, 2.24) is 0 Å². The molecule has 2 heterocycles. The molecule has 8 nitrogen and oxygen atoms in total. The second kappa shape index (κ2) is 8.30. The lowest BCUT2D eigenvalue weighted by Crippen LogP contribution is -2.32. The molecule has 8 heteroatoms. The van der Waals surface area contributed by atoms with E-state index in [1.165, 1.54) is 6.92 Å². The fraction of sp³-hybridized carbons (Fsp3) is 0.333. The molecular formula is C21H22N2O6. The average molecular weight is 398 g/mol. The van der Waals surface area contributed by atoms with E-state index in [9.17, 15) is 9.59 Å². The Hall–Kier alpha value is -3.42. The first-order valence-corrected chi connectivity index (χ1v) is 9.47. The number of benzene rings is 2. The molecule has 0 spiro atoms. The number of anilines is 2. The number of rotatable bonds is 5. The van der Waals surface area contributed by atoms with Gasteiger partial charge in [0.05, 0.1) is 0 Å². The summed E-state index contributed by atoms with van der Waals surface area (Å²) in [6.45, 7) is 3.67. The standard InChI is InChI=1S/C21H22N2O6/c1-14(24)23(16-3-5-18-20(13-16)29-11-9-27-18)7-6-21(25)22-15-2-4-17-19(12-15)28-10-8-26-17/h2-5,12-13H,6-11H2,1H3,(H,22,25). The minimum atomic E-state index is -0.203. The summed E-state index contributed by atoms with van der Waals surface area (Å²) in [5.74, 6) is 2.16. The SMILES string of the molecule is CC(=O)N(CCC(=O)Nc1ccc2c(c1)OCCO2)c1ccc2c(c1)OCCO2. The van der Waals surface area contributed by atoms with E-state index in [1.54, 1.807) is 41.3 Å². The zero-order chi connectivity index (χ0) is 20.2. The summed E-state index contributed by atoms with van der Waals surface area (Å²) < 4.78 is 22.1. The maximum Gasteiger partial charge on any atom is 0.226 e. The van der Waals surface area contributed by atoms with Crippen molar-refractivity contribution in [3.63, 3.8) is 0 Å². The first-order chi connectivity index (χ1) is 14.1. The van der Waals surface area contributed by atoms with Crippen LogP contribution in [0.5, 0.6) is 23.0 Å². The number of carbonyl (C=O) groups is 2. The number of carbonyl (C=O) groups excluding carboxylic acids is 2. The molecule has 2 amide bonds. The van der Waals surface area contributed by atoms with Gasteiger partial charge in [-0.3, -0.25) is 9.59 Å². The molecule has 2 aliphatic heterocycles. The van der Waals surface area contributed by atoms with Crippen LogP contribution >= 0.6 is 0 Å². The predicted molar refractivity (Wildman–Crippen MR) is 106 cm³/mol. The molecule has 2 aliphatic rings. The number of fused-ring (bicyclic) bond motifs is 2. The monoisotopic (exact) mass is 398 g/mol. The molecule has 29 heavy (non-hydrogen) atoms. The van der Waals surface area contributed by atoms with Gasteiger partial charge in [-0.05, 0) is 24.3 Å². The lowest BCUT2D eigenvalue weighted by atomic mass is 10.2. The number of ether oxygens (including phenoxy) is 4. The smallest absolute Gasteiger partial charge is 0.226 e. The van der Waals surface area contributed by atoms with Gasteiger partial charge in [0, 0.05) is 43.4 Å². The molecule has 0 radical (unpaired) electrons. The van der Waals surface area contributed by atoms with Crippen molar-refractivity contribution in [1.29, 1.82) is 0 Å². The van der Waals surface area contributed by atoms with Gasteiger partial charge in [-0.15, -0.1) is 0 Å². The van der Waals surface area contributed by atoms with E-state index in [-0.39, 0.29) is 24.8 Å². The van der Waals surface area contributed by atoms with E-state index < -0.39 is 0 Å². The minimum Gasteiger partial charge on any atom is -0.486 e. The second-order valence-corrected chi connectivity index (χ2v) is 6.66. The Morgan fingerprint density at radius 1 is 0.862 bits per heavy atom. The molecule has 1 N–H and O–H groups in total. The van der Waals surface area contributed by atoms with E-state index in [1.807, 2.05) is 0 Å². The van der Waals surface area contributed by atoms with Crippen LogP contribution in [0, 0.1) is 0 Å². The van der Waals surface area contributed by atoms with Crippen LogP contribution in [-0.4, -0.2) is 44.8 Å². The molecular weight excluding hydrogens is 376 g/mol. The number of nitrogens with one attached hydrogen (secondary N) is 1. The van der Waals surface area contributed by atoms with Gasteiger partial charge in [0.1, 0.15) is 26.4 Å². The van der Waals surface area contributed by atoms with E-state index in [4.69, 9.17) is 18.9 Å². The largest absolute Gasteiger partial charge is 0.486 e. The van der Waals surface area contributed by atoms with Gasteiger partial charge in [0.2, 0.25) is 11.8 Å². The molecule has 0 saturated heterocycles. The summed E-state index contributed by atoms with van der Waals surface area (Å²) in [5.41, 5.74) is 1.28. The van der Waals surface area contributed by atoms with Crippen molar-refractivity contribution in [2.24, 2.45) is 0 Å². The zero-order valence-electron chi connectivity index (χ0n) is 16.1. The molecule has 0 aromatic heterocycles. The lowest BCUT2D eigenvalue weighted by Gasteiger charge is -2.24. The van der Waals surface area contributed by atoms with Crippen LogP contribution in [0.2, 0.25) is 0 Å². The molecule has 152 valence electrons. The van der Waals surface area contributed by atoms with Crippen molar-refractivity contribution in [2.45, 2.75) is 13.3 Å². The molecule has 0 fully saturated rings. The van der Waals surface area contributed by atoms with E-state index in [0.29, 0.717) is 60.8 Å². The van der Waals surface area contributed by atoms with E-state index in [2.05, 4.69) is 5.32 Å². The van der Waals surface area contributed by atoms with Crippen molar-refractivity contribution < 1.29 is 28.5 Å². The Labute approximate surface area is 168 Å². The second-order valence-electron chi connectivity index (χ2n) is 6.66. The topological polar surface area (TPSA) is 86.3 Å². The summed E-state index contributed by atoms with van der Waals surface area (Å²) in [6.07, 6.45) is 0.141. The maximum absolute atomic E-state index is 12.4. The number of hydrogen-bond acceptors (Lipinski definition) is 6. The molecule has 0 aliphatic carbocycles. The minimum absolute atomic E-state index is 0.141. The molecule has 2 aromatic carbocycles. The van der Waals surface area contributed by atoms with Gasteiger partial charge in [-0.2, -0.15) is 0 Å². The molecule has 0 saturated carbocycles. The predicted octanol–water partition coefficient (Wildman–Crippen LogP) is 2.61. The third-order valence-electron chi connectivity index (χ3n) is 4.61. The third kappa shape index (κ3) is 4.37. The highest BCUT2D eigenvalue weighted by Crippen LogP contribution is 2.34. The summed E-state index contributed by atoms with van der Waals surface area (Å²) in [5, 5.41) is 2.83. The van der Waals surface area contributed by atoms with Crippen molar-refractivity contribution in [3.8, 4) is 23.0 Å². The first-order valence-electron chi connectivity index (χ1n) is 9.47. The van der Waals surface area contributed by atoms with Crippen LogP contribution in [0.3, 0.4) is 0 Å². The number of hydrogen-bond donors (Lipinski definition) is 1. The van der Waals surface area contributed by atoms with Gasteiger partial charge in [-0.25, -0.2) is 0 Å². The van der Waals surface area contributed by atoms with Crippen LogP contribution in [0.15, 0.2) is 36.4 Å². The summed E-state index contributed by atoms with van der Waals surface area (Å²) in [4.78, 5) is 26.1. The van der Waals surface area contributed by atoms with Crippen LogP contribution in [0.4, 0.5) is 11.4 Å². The number of amides is 2. The highest BCUT2D eigenvalue weighted by Gasteiger charge is 2.19. The van der Waals surface area contributed by atoms with Crippen LogP contribution in [0.1, 0.15) is 13.3 Å². The number of nitrogens with zero attached hydrogens (tertiary/aromatic N) is 1. The van der Waals surface area contributed by atoms with E-state index >= 15 is 0 Å². The Morgan fingerprint density at radius 2 is 1.45 bits per heavy atom. The van der Waals surface area contributed by atoms with Crippen molar-refractivity contribution in [3.05, 3.63) is 36.4 Å². The van der Waals surface area contributed by atoms with Crippen LogP contribution in [0.25, 0.3) is 0 Å². The van der Waals surface area contributed by atoms with Gasteiger partial charge in [-0.1, -0.05) is 0 Å². The van der Waals surface area contributed by atoms with Crippen LogP contribution < -0.4 is 29.2 Å². The van der Waals surface area contributed by atoms with Gasteiger partial charge >= 0.3 is 0 Å². The zero-order valence-corrected chi connectivity index (χ0v) is 16.1. The molecule has 2 aromatic rings. The van der Waals surface area contributed by atoms with Gasteiger partial charge in [0.25, 0.3) is 0 Å². The Kier molecular flexibility index (Phi) is 5.41. The molecule has 4 rings (SSSR count). The fourth-order valence-corrected chi connectivity index (χ4v) is 3.23. The Bertz CT molecular complexity index is 929. The Morgan fingerprint density at radius 3 is 2.10 bits per heavy atom. The van der Waals surface area contributed by atoms with Gasteiger partial charge < -0.3 is 29.2 Å². The molecule has 0 unspecified atom stereocenters. The van der Waals surface area contributed by atoms with Crippen LogP contribution in [-0.2, 0) is 9.59 Å². The normalized spacial score (nSPS) is 14.1. The van der Waals surface area contributed by atoms with Crippen molar-refractivity contribution in [2.75, 3.05) is 43.2 Å². The van der Waals surface area contributed by atoms with Gasteiger partial charge in [0.15, 0.2) is 23.0 Å². The average Bonchev–Trinajstić information content (AvgIpc) is 2.73. The summed E-state index contributed by atoms with van der Waals surface area (Å²) >= 11 is 0. The first kappa shape index (κ1) is 18.9. The summed E-state index contributed by atoms with van der Waals surface area (Å²) in [6, 6.07) is 10.6. The third-order valence-corrected chi connectivity index (χ3v) is 4.61. The quantitative estimate of drug-likeness (QED) is 0.833. The maximum atomic E-state index is 12.4. The summed E-state index contributed by atoms with van der Waals surface area (Å²) in [7, 11) is 0. The Balaban J connectivity index is 1.39. The highest BCUT2D eigenvalue weighted by atomic mass is 16.6. The fourth-order valence-electron chi connectivity index (χ4n) is 3.23. The van der Waals surface area contributed by atoms with E-state index in [0.717, 1.165) is 0 Å². The van der Waals surface area contributed by atoms with Crippen molar-refractivity contribution >= 4 is 23.2 Å². The molecule has 0 atom stereocenters. The lowest BCUT2D eigenvalue weighted by molar-refractivity contribution is -0.117.